The number of benzene rings is 2. The minimum atomic E-state index is -4.09. The van der Waals surface area contributed by atoms with Gasteiger partial charge in [0.2, 0.25) is 11.5 Å². The molecule has 0 radical (unpaired) electrons. The Balaban J connectivity index is 1.68. The molecule has 2 heterocycles. The van der Waals surface area contributed by atoms with Crippen LogP contribution >= 0.6 is 23.6 Å². The number of fused-ring (bicyclic) bond motifs is 2. The average Bonchev–Trinajstić information content (AvgIpc) is 3.41. The second kappa shape index (κ2) is 13.4. The minimum Gasteiger partial charge on any atom is -0.439 e. The number of hydrogen-bond acceptors (Lipinski definition) is 9. The Labute approximate surface area is 242 Å². The molecule has 1 aliphatic rings. The van der Waals surface area contributed by atoms with Crippen LogP contribution in [-0.2, 0) is 26.0 Å². The number of nitrogens with zero attached hydrogens (tertiary/aromatic N) is 2. The molecule has 1 aromatic heterocycles. The third-order valence-electron chi connectivity index (χ3n) is 6.38. The molecule has 2 aromatic carbocycles. The summed E-state index contributed by atoms with van der Waals surface area (Å²) in [5.74, 6) is 1.56. The van der Waals surface area contributed by atoms with Gasteiger partial charge in [0.15, 0.2) is 12.3 Å². The van der Waals surface area contributed by atoms with Crippen LogP contribution in [0.4, 0.5) is 5.69 Å². The van der Waals surface area contributed by atoms with Gasteiger partial charge in [0.05, 0.1) is 17.5 Å². The Kier molecular flexibility index (Phi) is 10.2. The van der Waals surface area contributed by atoms with Crippen LogP contribution < -0.4 is 14.2 Å². The van der Waals surface area contributed by atoms with Crippen molar-refractivity contribution in [3.63, 3.8) is 0 Å². The van der Waals surface area contributed by atoms with Crippen molar-refractivity contribution in [3.8, 4) is 5.75 Å². The highest BCUT2D eigenvalue weighted by Gasteiger charge is 2.28. The predicted octanol–water partition coefficient (Wildman–Crippen LogP) is 6.34. The molecule has 0 spiro atoms. The highest BCUT2D eigenvalue weighted by molar-refractivity contribution is 7.95. The maximum Gasteiger partial charge on any atom is 0.374 e. The van der Waals surface area contributed by atoms with E-state index in [1.165, 1.54) is 0 Å². The average molecular weight is 612 g/mol. The molecule has 10 nitrogen and oxygen atoms in total. The lowest BCUT2D eigenvalue weighted by molar-refractivity contribution is -0.677. The van der Waals surface area contributed by atoms with Crippen molar-refractivity contribution in [3.05, 3.63) is 70.4 Å². The maximum absolute atomic E-state index is 11.3. The summed E-state index contributed by atoms with van der Waals surface area (Å²) in [7, 11) is -4.09. The van der Waals surface area contributed by atoms with E-state index in [4.69, 9.17) is 26.0 Å². The molecule has 0 amide bonds. The van der Waals surface area contributed by atoms with Gasteiger partial charge >= 0.3 is 5.89 Å². The summed E-state index contributed by atoms with van der Waals surface area (Å²) >= 11 is 7.27. The van der Waals surface area contributed by atoms with Crippen LogP contribution in [0.3, 0.4) is 0 Å². The van der Waals surface area contributed by atoms with Crippen LogP contribution in [0.15, 0.2) is 58.3 Å². The van der Waals surface area contributed by atoms with Crippen molar-refractivity contribution in [1.29, 1.82) is 0 Å². The van der Waals surface area contributed by atoms with E-state index in [-0.39, 0.29) is 17.4 Å². The standard InChI is InChI=1S/C27H31ClN2O8S2/c1-4-20(15-26-29(11-5-13-40(32,33)34)23-17-21(28)7-9-25(23)36-26)16-27-30(12-10-19(3)39-38-37-31)22-14-18(2)6-8-24(22)35-27/h6-9,14-17,19H,4-5,10-13H2,1-3H3,(H-,31,32,33,34)/p+1. The van der Waals surface area contributed by atoms with Gasteiger partial charge in [-0.2, -0.15) is 13.0 Å². The van der Waals surface area contributed by atoms with Crippen molar-refractivity contribution < 1.29 is 41.3 Å². The molecule has 13 heteroatoms. The van der Waals surface area contributed by atoms with Crippen LogP contribution in [-0.4, -0.2) is 35.8 Å². The molecule has 40 heavy (non-hydrogen) atoms. The molecule has 0 fully saturated rings. The molecule has 216 valence electrons. The van der Waals surface area contributed by atoms with E-state index in [9.17, 15) is 13.0 Å². The van der Waals surface area contributed by atoms with Crippen molar-refractivity contribution in [2.75, 3.05) is 17.2 Å². The molecule has 2 N–H and O–H groups in total. The molecule has 1 unspecified atom stereocenters. The highest BCUT2D eigenvalue weighted by Crippen LogP contribution is 2.40. The van der Waals surface area contributed by atoms with Crippen LogP contribution in [0.1, 0.15) is 44.6 Å². The first-order chi connectivity index (χ1) is 19.1. The minimum absolute atomic E-state index is 0.0347. The molecular formula is C27H32ClN2O8S2+. The first-order valence-corrected chi connectivity index (χ1v) is 15.6. The Morgan fingerprint density at radius 1 is 1.27 bits per heavy atom. The van der Waals surface area contributed by atoms with Gasteiger partial charge in [-0.15, -0.1) is 4.33 Å². The molecule has 4 rings (SSSR count). The van der Waals surface area contributed by atoms with Gasteiger partial charge in [0.25, 0.3) is 15.6 Å². The summed E-state index contributed by atoms with van der Waals surface area (Å²) in [4.78, 5) is 2.10. The van der Waals surface area contributed by atoms with Crippen LogP contribution in [0.5, 0.6) is 5.75 Å². The van der Waals surface area contributed by atoms with Gasteiger partial charge in [-0.3, -0.25) is 4.55 Å². The fourth-order valence-corrected chi connectivity index (χ4v) is 5.40. The summed E-state index contributed by atoms with van der Waals surface area (Å²) in [6.45, 7) is 6.94. The Morgan fingerprint density at radius 2 is 2.08 bits per heavy atom. The quantitative estimate of drug-likeness (QED) is 0.0744. The lowest BCUT2D eigenvalue weighted by atomic mass is 10.1. The summed E-state index contributed by atoms with van der Waals surface area (Å²) in [6.07, 6.45) is 5.43. The second-order valence-electron chi connectivity index (χ2n) is 9.46. The van der Waals surface area contributed by atoms with Crippen molar-refractivity contribution in [1.82, 2.24) is 0 Å². The number of aryl methyl sites for hydroxylation is 2. The number of oxazole rings is 1. The van der Waals surface area contributed by atoms with E-state index in [1.807, 2.05) is 49.6 Å². The summed E-state index contributed by atoms with van der Waals surface area (Å²) < 4.78 is 50.7. The zero-order valence-corrected chi connectivity index (χ0v) is 24.8. The van der Waals surface area contributed by atoms with E-state index in [0.717, 1.165) is 40.1 Å². The van der Waals surface area contributed by atoms with Gasteiger partial charge in [-0.25, -0.2) is 5.26 Å². The monoisotopic (exact) mass is 611 g/mol. The van der Waals surface area contributed by atoms with Gasteiger partial charge < -0.3 is 14.1 Å². The Bertz CT molecular complexity index is 1520. The van der Waals surface area contributed by atoms with Gasteiger partial charge in [0.1, 0.15) is 0 Å². The molecule has 0 saturated heterocycles. The second-order valence-corrected chi connectivity index (χ2v) is 12.6. The fraction of sp³-hybridized carbons (Fsp3) is 0.370. The van der Waals surface area contributed by atoms with Gasteiger partial charge in [-0.05, 0) is 55.2 Å². The SMILES string of the molecule is CCC(/C=C1\Oc2ccc(C)cc2N1CCC(C)SOOO)=C\c1oc2ccc(Cl)cc2[n+]1CCCS(=O)(=O)O. The molecular weight excluding hydrogens is 580 g/mol. The third-order valence-corrected chi connectivity index (χ3v) is 8.12. The van der Waals surface area contributed by atoms with E-state index in [2.05, 4.69) is 20.3 Å². The number of allylic oxidation sites excluding steroid dienone is 2. The van der Waals surface area contributed by atoms with E-state index in [0.29, 0.717) is 48.3 Å². The zero-order chi connectivity index (χ0) is 28.9. The third kappa shape index (κ3) is 7.78. The highest BCUT2D eigenvalue weighted by atomic mass is 35.5. The number of rotatable bonds is 13. The van der Waals surface area contributed by atoms with Crippen molar-refractivity contribution in [2.45, 2.75) is 51.8 Å². The lowest BCUT2D eigenvalue weighted by Gasteiger charge is -2.20. The molecule has 1 atom stereocenters. The predicted molar refractivity (Wildman–Crippen MR) is 154 cm³/mol. The van der Waals surface area contributed by atoms with Gasteiger partial charge in [0, 0.05) is 47.4 Å². The molecule has 1 aliphatic heterocycles. The Hall–Kier alpha value is -2.58. The van der Waals surface area contributed by atoms with E-state index < -0.39 is 10.1 Å². The normalized spacial score (nSPS) is 15.6. The van der Waals surface area contributed by atoms with Crippen LogP contribution in [0.25, 0.3) is 17.2 Å². The smallest absolute Gasteiger partial charge is 0.374 e. The number of hydrogen-bond donors (Lipinski definition) is 2. The van der Waals surface area contributed by atoms with Gasteiger partial charge in [-0.1, -0.05) is 36.6 Å². The number of ether oxygens (including phenoxy) is 1. The summed E-state index contributed by atoms with van der Waals surface area (Å²) in [5, 5.41) is 12.8. The van der Waals surface area contributed by atoms with Crippen molar-refractivity contribution in [2.24, 2.45) is 0 Å². The van der Waals surface area contributed by atoms with E-state index in [1.54, 1.807) is 18.2 Å². The summed E-state index contributed by atoms with van der Waals surface area (Å²) in [5.41, 5.74) is 4.30. The lowest BCUT2D eigenvalue weighted by Crippen LogP contribution is -2.36. The Morgan fingerprint density at radius 3 is 2.80 bits per heavy atom. The molecule has 3 aromatic rings. The molecule has 0 bridgehead atoms. The van der Waals surface area contributed by atoms with Crippen LogP contribution in [0, 0.1) is 6.92 Å². The van der Waals surface area contributed by atoms with Crippen LogP contribution in [0.2, 0.25) is 5.02 Å². The molecule has 0 aliphatic carbocycles. The number of anilines is 1. The topological polar surface area (TPSA) is 123 Å². The van der Waals surface area contributed by atoms with Crippen molar-refractivity contribution >= 4 is 56.6 Å². The first-order valence-electron chi connectivity index (χ1n) is 12.8. The zero-order valence-electron chi connectivity index (χ0n) is 22.4. The maximum atomic E-state index is 11.3. The van der Waals surface area contributed by atoms with E-state index >= 15 is 0 Å². The molecule has 0 saturated carbocycles. The summed E-state index contributed by atoms with van der Waals surface area (Å²) in [6, 6.07) is 11.3. The number of aromatic nitrogens is 1. The largest absolute Gasteiger partial charge is 0.439 e. The first kappa shape index (κ1) is 30.4. The number of halogens is 1. The fourth-order valence-electron chi connectivity index (χ4n) is 4.37.